The van der Waals surface area contributed by atoms with E-state index in [9.17, 15) is 9.18 Å². The maximum Gasteiger partial charge on any atom is 0.330 e. The number of hydrogen-bond acceptors (Lipinski definition) is 6. The van der Waals surface area contributed by atoms with Crippen molar-refractivity contribution in [3.63, 3.8) is 0 Å². The molecule has 2 N–H and O–H groups in total. The summed E-state index contributed by atoms with van der Waals surface area (Å²) in [6.07, 6.45) is 3.12. The summed E-state index contributed by atoms with van der Waals surface area (Å²) >= 11 is 1.20. The van der Waals surface area contributed by atoms with Gasteiger partial charge in [0.25, 0.3) is 0 Å². The second kappa shape index (κ2) is 4.82. The fourth-order valence-corrected chi connectivity index (χ4v) is 2.26. The van der Waals surface area contributed by atoms with Crippen LogP contribution in [0.1, 0.15) is 6.92 Å². The molecule has 0 saturated carbocycles. The van der Waals surface area contributed by atoms with Crippen LogP contribution in [0.25, 0.3) is 0 Å². The third-order valence-corrected chi connectivity index (χ3v) is 3.16. The Morgan fingerprint density at radius 2 is 2.47 bits per heavy atom. The highest BCUT2D eigenvalue weighted by Gasteiger charge is 2.33. The van der Waals surface area contributed by atoms with Crippen molar-refractivity contribution in [3.05, 3.63) is 29.5 Å². The molecule has 1 aliphatic rings. The smallest absolute Gasteiger partial charge is 0.330 e. The average Bonchev–Trinajstić information content (AvgIpc) is 2.85. The van der Waals surface area contributed by atoms with Crippen LogP contribution in [0.4, 0.5) is 9.39 Å². The van der Waals surface area contributed by atoms with E-state index < -0.39 is 12.0 Å². The minimum atomic E-state index is -0.712. The van der Waals surface area contributed by atoms with Crippen LogP contribution in [0.3, 0.4) is 0 Å². The van der Waals surface area contributed by atoms with Gasteiger partial charge in [0.2, 0.25) is 0 Å². The van der Waals surface area contributed by atoms with Gasteiger partial charge in [0, 0.05) is 6.20 Å². The molecule has 2 heterocycles. The molecule has 0 aliphatic carbocycles. The second-order valence-electron chi connectivity index (χ2n) is 3.34. The van der Waals surface area contributed by atoms with E-state index in [0.29, 0.717) is 5.00 Å². The van der Waals surface area contributed by atoms with Crippen molar-refractivity contribution in [1.29, 1.82) is 0 Å². The number of hydrazine groups is 2. The summed E-state index contributed by atoms with van der Waals surface area (Å²) < 4.78 is 18.3. The molecule has 5 nitrogen and oxygen atoms in total. The number of hydrogen-bond donors (Lipinski definition) is 1. The zero-order valence-corrected chi connectivity index (χ0v) is 9.98. The normalized spacial score (nSPS) is 19.9. The monoisotopic (exact) mass is 257 g/mol. The summed E-state index contributed by atoms with van der Waals surface area (Å²) in [5, 5.41) is 4.49. The van der Waals surface area contributed by atoms with Crippen LogP contribution in [0, 0.1) is 5.82 Å². The number of esters is 1. The van der Waals surface area contributed by atoms with Gasteiger partial charge >= 0.3 is 5.97 Å². The van der Waals surface area contributed by atoms with E-state index in [1.54, 1.807) is 24.6 Å². The average molecular weight is 257 g/mol. The molecular formula is C10H12FN3O2S. The number of rotatable bonds is 3. The van der Waals surface area contributed by atoms with E-state index in [0.717, 1.165) is 5.12 Å². The second-order valence-corrected chi connectivity index (χ2v) is 4.23. The molecule has 0 fully saturated rings. The van der Waals surface area contributed by atoms with E-state index in [-0.39, 0.29) is 12.4 Å². The van der Waals surface area contributed by atoms with Crippen molar-refractivity contribution in [2.24, 2.45) is 5.84 Å². The third kappa shape index (κ3) is 2.17. The zero-order valence-electron chi connectivity index (χ0n) is 9.17. The molecule has 0 spiro atoms. The first-order chi connectivity index (χ1) is 8.15. The Bertz CT molecular complexity index is 449. The topological polar surface area (TPSA) is 58.8 Å². The number of thiophene rings is 1. The highest BCUT2D eigenvalue weighted by atomic mass is 32.1. The van der Waals surface area contributed by atoms with Gasteiger partial charge in [-0.05, 0) is 24.4 Å². The maximum absolute atomic E-state index is 13.4. The number of carbonyl (C=O) groups excluding carboxylic acids is 1. The number of carbonyl (C=O) groups is 1. The van der Waals surface area contributed by atoms with Crippen LogP contribution >= 0.6 is 11.3 Å². The number of ether oxygens (including phenoxy) is 1. The quantitative estimate of drug-likeness (QED) is 0.652. The Balaban J connectivity index is 2.14. The molecule has 1 aromatic heterocycles. The maximum atomic E-state index is 13.4. The molecule has 0 amide bonds. The van der Waals surface area contributed by atoms with Crippen molar-refractivity contribution < 1.29 is 13.9 Å². The summed E-state index contributed by atoms with van der Waals surface area (Å²) in [7, 11) is 0. The Morgan fingerprint density at radius 3 is 3.06 bits per heavy atom. The van der Waals surface area contributed by atoms with Gasteiger partial charge in [-0.1, -0.05) is 0 Å². The van der Waals surface area contributed by atoms with Gasteiger partial charge in [0.1, 0.15) is 5.00 Å². The van der Waals surface area contributed by atoms with E-state index >= 15 is 0 Å². The summed E-state index contributed by atoms with van der Waals surface area (Å²) in [6.45, 7) is 2.00. The number of nitrogens with zero attached hydrogens (tertiary/aromatic N) is 2. The molecule has 0 saturated heterocycles. The number of anilines is 1. The van der Waals surface area contributed by atoms with Crippen LogP contribution < -0.4 is 10.9 Å². The fourth-order valence-electron chi connectivity index (χ4n) is 1.50. The van der Waals surface area contributed by atoms with Gasteiger partial charge < -0.3 is 4.74 Å². The van der Waals surface area contributed by atoms with Crippen LogP contribution in [0.15, 0.2) is 23.7 Å². The summed E-state index contributed by atoms with van der Waals surface area (Å²) in [4.78, 5) is 11.5. The lowest BCUT2D eigenvalue weighted by Crippen LogP contribution is -2.50. The molecule has 0 radical (unpaired) electrons. The Morgan fingerprint density at radius 1 is 1.71 bits per heavy atom. The minimum absolute atomic E-state index is 0.282. The molecule has 1 unspecified atom stereocenters. The van der Waals surface area contributed by atoms with Crippen molar-refractivity contribution in [2.45, 2.75) is 13.0 Å². The molecule has 1 atom stereocenters. The molecule has 0 aromatic carbocycles. The van der Waals surface area contributed by atoms with Gasteiger partial charge in [0.05, 0.1) is 6.61 Å². The zero-order chi connectivity index (χ0) is 12.4. The van der Waals surface area contributed by atoms with Crippen molar-refractivity contribution in [3.8, 4) is 0 Å². The van der Waals surface area contributed by atoms with Gasteiger partial charge in [-0.15, -0.1) is 16.5 Å². The molecule has 92 valence electrons. The van der Waals surface area contributed by atoms with E-state index in [1.165, 1.54) is 22.4 Å². The Labute approximate surface area is 102 Å². The number of halogens is 1. The molecule has 1 aromatic rings. The summed E-state index contributed by atoms with van der Waals surface area (Å²) in [5.74, 6) is 4.92. The lowest BCUT2D eigenvalue weighted by atomic mass is 10.3. The third-order valence-electron chi connectivity index (χ3n) is 2.28. The molecule has 17 heavy (non-hydrogen) atoms. The highest BCUT2D eigenvalue weighted by Crippen LogP contribution is 2.30. The fraction of sp³-hybridized carbons (Fsp3) is 0.300. The predicted molar refractivity (Wildman–Crippen MR) is 62.3 cm³/mol. The molecule has 0 bridgehead atoms. The van der Waals surface area contributed by atoms with Crippen LogP contribution in [-0.4, -0.2) is 23.7 Å². The summed E-state index contributed by atoms with van der Waals surface area (Å²) in [5.41, 5.74) is 0. The molecule has 2 rings (SSSR count). The first kappa shape index (κ1) is 12.0. The molecule has 1 aliphatic heterocycles. The highest BCUT2D eigenvalue weighted by molar-refractivity contribution is 7.14. The lowest BCUT2D eigenvalue weighted by Gasteiger charge is -2.26. The van der Waals surface area contributed by atoms with Crippen molar-refractivity contribution >= 4 is 22.3 Å². The van der Waals surface area contributed by atoms with E-state index in [2.05, 4.69) is 0 Å². The minimum Gasteiger partial charge on any atom is -0.464 e. The first-order valence-corrected chi connectivity index (χ1v) is 5.94. The van der Waals surface area contributed by atoms with Gasteiger partial charge in [-0.25, -0.2) is 15.0 Å². The van der Waals surface area contributed by atoms with Gasteiger partial charge in [-0.3, -0.25) is 5.01 Å². The van der Waals surface area contributed by atoms with Crippen LogP contribution in [-0.2, 0) is 9.53 Å². The van der Waals surface area contributed by atoms with E-state index in [4.69, 9.17) is 10.6 Å². The Kier molecular flexibility index (Phi) is 3.41. The lowest BCUT2D eigenvalue weighted by molar-refractivity contribution is -0.147. The standard InChI is InChI=1S/C10H12FN3O2S/c1-2-16-10(15)8-3-5-13(14(8)12)9-7(11)4-6-17-9/h3-6,8H,2,12H2,1H3. The van der Waals surface area contributed by atoms with Crippen molar-refractivity contribution in [1.82, 2.24) is 5.12 Å². The number of nitrogens with two attached hydrogens (primary N) is 1. The van der Waals surface area contributed by atoms with Gasteiger partial charge in [-0.2, -0.15) is 0 Å². The van der Waals surface area contributed by atoms with Crippen molar-refractivity contribution in [2.75, 3.05) is 11.6 Å². The predicted octanol–water partition coefficient (Wildman–Crippen LogP) is 1.24. The SMILES string of the molecule is CCOC(=O)C1C=CN(c2sccc2F)N1N. The largest absolute Gasteiger partial charge is 0.464 e. The molecule has 7 heteroatoms. The van der Waals surface area contributed by atoms with E-state index in [1.807, 2.05) is 0 Å². The molecular weight excluding hydrogens is 245 g/mol. The van der Waals surface area contributed by atoms with Crippen LogP contribution in [0.2, 0.25) is 0 Å². The summed E-state index contributed by atoms with van der Waals surface area (Å²) in [6, 6.07) is 0.635. The van der Waals surface area contributed by atoms with Crippen LogP contribution in [0.5, 0.6) is 0 Å². The van der Waals surface area contributed by atoms with Gasteiger partial charge in [0.15, 0.2) is 11.9 Å². The first-order valence-electron chi connectivity index (χ1n) is 5.06. The Hall–Kier alpha value is -1.44.